The fourth-order valence-corrected chi connectivity index (χ4v) is 1.86. The van der Waals surface area contributed by atoms with E-state index in [1.165, 1.54) is 6.08 Å². The van der Waals surface area contributed by atoms with Gasteiger partial charge in [0, 0.05) is 19.5 Å². The number of carbonyl (C=O) groups is 1. The van der Waals surface area contributed by atoms with Gasteiger partial charge in [0.2, 0.25) is 6.08 Å². The van der Waals surface area contributed by atoms with Crippen LogP contribution in [0, 0.1) is 0 Å². The van der Waals surface area contributed by atoms with Crippen molar-refractivity contribution < 1.29 is 14.7 Å². The summed E-state index contributed by atoms with van der Waals surface area (Å²) in [6.45, 7) is 1.42. The molecule has 0 radical (unpaired) electrons. The number of aliphatic carboxylic acids is 1. The van der Waals surface area contributed by atoms with E-state index in [0.29, 0.717) is 21.7 Å². The Labute approximate surface area is 161 Å². The third-order valence-corrected chi connectivity index (χ3v) is 3.05. The van der Waals surface area contributed by atoms with Crippen molar-refractivity contribution in [3.8, 4) is 0 Å². The molecule has 0 amide bonds. The number of carboxylic acid groups (broad SMARTS) is 1. The van der Waals surface area contributed by atoms with E-state index >= 15 is 0 Å². The molecule has 1 unspecified atom stereocenters. The summed E-state index contributed by atoms with van der Waals surface area (Å²) in [6.07, 6.45) is 1.48. The Hall–Kier alpha value is -1.45. The molecule has 1 aromatic carbocycles. The molecule has 24 heavy (non-hydrogen) atoms. The predicted octanol–water partition coefficient (Wildman–Crippen LogP) is 1.61. The van der Waals surface area contributed by atoms with Gasteiger partial charge in [0.25, 0.3) is 0 Å². The van der Waals surface area contributed by atoms with E-state index in [4.69, 9.17) is 5.11 Å². The van der Waals surface area contributed by atoms with Crippen molar-refractivity contribution in [1.29, 1.82) is 0 Å². The number of carbonyl (C=O) groups excluding carboxylic acids is 1. The van der Waals surface area contributed by atoms with Gasteiger partial charge in [-0.25, -0.2) is 9.59 Å². The molecule has 0 aliphatic rings. The van der Waals surface area contributed by atoms with Crippen molar-refractivity contribution >= 4 is 70.4 Å². The first-order valence-corrected chi connectivity index (χ1v) is 8.35. The lowest BCUT2D eigenvalue weighted by atomic mass is 10.1. The number of thiocarbonyl (C=S) groups is 2. The zero-order chi connectivity index (χ0) is 18.4. The first-order chi connectivity index (χ1) is 11.4. The topological polar surface area (TPSA) is 90.8 Å². The largest absolute Gasteiger partial charge is 0.480 e. The summed E-state index contributed by atoms with van der Waals surface area (Å²) < 4.78 is 0.985. The lowest BCUT2D eigenvalue weighted by Gasteiger charge is -2.04. The second-order valence-corrected chi connectivity index (χ2v) is 6.54. The normalized spacial score (nSPS) is 10.2. The highest BCUT2D eigenvalue weighted by molar-refractivity contribution is 8.11. The van der Waals surface area contributed by atoms with Gasteiger partial charge in [0.1, 0.15) is 8.64 Å². The molecule has 0 saturated heterocycles. The molecule has 10 heteroatoms. The van der Waals surface area contributed by atoms with E-state index in [-0.39, 0.29) is 6.42 Å². The molecule has 0 saturated carbocycles. The fraction of sp³-hybridized carbons (Fsp3) is 0.286. The van der Waals surface area contributed by atoms with Gasteiger partial charge in [0.05, 0.1) is 0 Å². The van der Waals surface area contributed by atoms with Crippen LogP contribution in [0.5, 0.6) is 0 Å². The molecule has 1 rings (SSSR count). The maximum Gasteiger partial charge on any atom is 0.329 e. The molecule has 1 aromatic rings. The van der Waals surface area contributed by atoms with Crippen LogP contribution >= 0.6 is 49.7 Å². The molecule has 0 aliphatic carbocycles. The van der Waals surface area contributed by atoms with Crippen molar-refractivity contribution in [3.63, 3.8) is 0 Å². The van der Waals surface area contributed by atoms with Crippen LogP contribution < -0.4 is 10.6 Å². The summed E-state index contributed by atoms with van der Waals surface area (Å²) in [5.74, 6) is -1.11. The number of rotatable bonds is 7. The smallest absolute Gasteiger partial charge is 0.329 e. The van der Waals surface area contributed by atoms with E-state index < -0.39 is 12.0 Å². The SMILES string of the molecule is O=C=NC(Cc1ccccc1)C(=O)O.S=C(S)NCCNC(=S)S. The van der Waals surface area contributed by atoms with Crippen molar-refractivity contribution in [2.75, 3.05) is 13.1 Å². The number of carboxylic acids is 1. The highest BCUT2D eigenvalue weighted by Crippen LogP contribution is 2.05. The Balaban J connectivity index is 0.000000470. The highest BCUT2D eigenvalue weighted by atomic mass is 32.1. The number of hydrogen-bond donors (Lipinski definition) is 5. The van der Waals surface area contributed by atoms with Crippen LogP contribution in [-0.4, -0.2) is 44.9 Å². The second kappa shape index (κ2) is 13.9. The minimum absolute atomic E-state index is 0.214. The lowest BCUT2D eigenvalue weighted by molar-refractivity contribution is -0.138. The van der Waals surface area contributed by atoms with Gasteiger partial charge in [-0.2, -0.15) is 4.99 Å². The second-order valence-electron chi connectivity index (χ2n) is 4.23. The molecule has 0 heterocycles. The lowest BCUT2D eigenvalue weighted by Crippen LogP contribution is -2.29. The van der Waals surface area contributed by atoms with Crippen LogP contribution in [0.3, 0.4) is 0 Å². The summed E-state index contributed by atoms with van der Waals surface area (Å²) in [5.41, 5.74) is 0.832. The molecule has 0 aromatic heterocycles. The van der Waals surface area contributed by atoms with E-state index in [9.17, 15) is 9.59 Å². The number of thiol groups is 2. The number of isocyanates is 1. The van der Waals surface area contributed by atoms with Crippen LogP contribution in [0.1, 0.15) is 5.56 Å². The van der Waals surface area contributed by atoms with Gasteiger partial charge in [0.15, 0.2) is 6.04 Å². The number of aliphatic imine (C=N–C) groups is 1. The molecule has 0 aliphatic heterocycles. The molecule has 130 valence electrons. The standard InChI is InChI=1S/C10H9NO3.C4H8N2S4/c12-7-11-9(10(13)14)6-8-4-2-1-3-5-8;7-3(8)5-1-2-6-4(9)10/h1-5,9H,6H2,(H,13,14);1-2H2,(H2,5,7,8)(H2,6,9,10). The van der Waals surface area contributed by atoms with E-state index in [2.05, 4.69) is 65.3 Å². The number of nitrogens with zero attached hydrogens (tertiary/aromatic N) is 1. The number of hydrogen-bond acceptors (Lipinski definition) is 5. The molecular formula is C14H17N3O3S4. The monoisotopic (exact) mass is 403 g/mol. The fourth-order valence-electron chi connectivity index (χ4n) is 1.43. The van der Waals surface area contributed by atoms with Crippen molar-refractivity contribution in [1.82, 2.24) is 10.6 Å². The van der Waals surface area contributed by atoms with Gasteiger partial charge in [-0.1, -0.05) is 54.8 Å². The molecular weight excluding hydrogens is 386 g/mol. The van der Waals surface area contributed by atoms with Crippen molar-refractivity contribution in [2.24, 2.45) is 4.99 Å². The zero-order valence-corrected chi connectivity index (χ0v) is 15.9. The summed E-state index contributed by atoms with van der Waals surface area (Å²) in [7, 11) is 0. The van der Waals surface area contributed by atoms with Crippen molar-refractivity contribution in [2.45, 2.75) is 12.5 Å². The number of benzene rings is 1. The molecule has 0 spiro atoms. The minimum atomic E-state index is -1.11. The van der Waals surface area contributed by atoms with Gasteiger partial charge in [-0.05, 0) is 5.56 Å². The Kier molecular flexibility index (Phi) is 13.1. The summed E-state index contributed by atoms with van der Waals surface area (Å²) in [6, 6.07) is 7.99. The zero-order valence-electron chi connectivity index (χ0n) is 12.5. The first kappa shape index (κ1) is 22.6. The third kappa shape index (κ3) is 13.0. The Morgan fingerprint density at radius 1 is 1.17 bits per heavy atom. The quantitative estimate of drug-likeness (QED) is 0.155. The maximum absolute atomic E-state index is 10.6. The predicted molar refractivity (Wildman–Crippen MR) is 109 cm³/mol. The molecule has 0 fully saturated rings. The van der Waals surface area contributed by atoms with Gasteiger partial charge < -0.3 is 15.7 Å². The molecule has 3 N–H and O–H groups in total. The average Bonchev–Trinajstić information content (AvgIpc) is 2.52. The first-order valence-electron chi connectivity index (χ1n) is 6.64. The Morgan fingerprint density at radius 2 is 1.67 bits per heavy atom. The molecule has 0 bridgehead atoms. The van der Waals surface area contributed by atoms with Crippen LogP contribution in [0.2, 0.25) is 0 Å². The van der Waals surface area contributed by atoms with Gasteiger partial charge in [-0.15, -0.1) is 25.3 Å². The summed E-state index contributed by atoms with van der Waals surface area (Å²) in [4.78, 5) is 23.8. The van der Waals surface area contributed by atoms with Crippen LogP contribution in [0.25, 0.3) is 0 Å². The molecule has 6 nitrogen and oxygen atoms in total. The van der Waals surface area contributed by atoms with Crippen LogP contribution in [0.4, 0.5) is 0 Å². The molecule has 1 atom stereocenters. The highest BCUT2D eigenvalue weighted by Gasteiger charge is 2.16. The average molecular weight is 404 g/mol. The van der Waals surface area contributed by atoms with Gasteiger partial charge >= 0.3 is 5.97 Å². The van der Waals surface area contributed by atoms with Gasteiger partial charge in [-0.3, -0.25) is 0 Å². The minimum Gasteiger partial charge on any atom is -0.480 e. The maximum atomic E-state index is 10.6. The summed E-state index contributed by atoms with van der Waals surface area (Å²) in [5, 5.41) is 14.4. The van der Waals surface area contributed by atoms with E-state index in [0.717, 1.165) is 5.56 Å². The van der Waals surface area contributed by atoms with Crippen molar-refractivity contribution in [3.05, 3.63) is 35.9 Å². The Morgan fingerprint density at radius 3 is 2.04 bits per heavy atom. The van der Waals surface area contributed by atoms with E-state index in [1.54, 1.807) is 24.3 Å². The number of nitrogens with one attached hydrogen (secondary N) is 2. The van der Waals surface area contributed by atoms with Crippen LogP contribution in [-0.2, 0) is 16.0 Å². The Bertz CT molecular complexity index is 574. The van der Waals surface area contributed by atoms with Crippen LogP contribution in [0.15, 0.2) is 35.3 Å². The summed E-state index contributed by atoms with van der Waals surface area (Å²) >= 11 is 17.0. The van der Waals surface area contributed by atoms with E-state index in [1.807, 2.05) is 6.07 Å². The third-order valence-electron chi connectivity index (χ3n) is 2.44.